The van der Waals surface area contributed by atoms with Gasteiger partial charge in [0.15, 0.2) is 6.10 Å². The molecule has 0 N–H and O–H groups in total. The summed E-state index contributed by atoms with van der Waals surface area (Å²) >= 11 is 0. The second-order valence-electron chi connectivity index (χ2n) is 19.9. The zero-order valence-electron chi connectivity index (χ0n) is 44.5. The summed E-state index contributed by atoms with van der Waals surface area (Å²) in [5.41, 5.74) is 0. The summed E-state index contributed by atoms with van der Waals surface area (Å²) in [6.07, 6.45) is 65.2. The Labute approximate surface area is 411 Å². The monoisotopic (exact) mass is 929 g/mol. The van der Waals surface area contributed by atoms with Crippen molar-refractivity contribution in [1.82, 2.24) is 0 Å². The molecule has 0 heterocycles. The van der Waals surface area contributed by atoms with Crippen molar-refractivity contribution in [2.75, 3.05) is 13.2 Å². The normalized spacial score (nSPS) is 12.1. The van der Waals surface area contributed by atoms with Gasteiger partial charge in [0.25, 0.3) is 0 Å². The number of hydrogen-bond donors (Lipinski definition) is 0. The van der Waals surface area contributed by atoms with Gasteiger partial charge in [-0.25, -0.2) is 0 Å². The fourth-order valence-corrected chi connectivity index (χ4v) is 8.73. The number of carbonyl (C=O) groups is 3. The summed E-state index contributed by atoms with van der Waals surface area (Å²) in [5.74, 6) is -0.879. The first kappa shape index (κ1) is 63.9. The molecule has 0 aromatic rings. The first-order valence-electron chi connectivity index (χ1n) is 29.3. The van der Waals surface area contributed by atoms with E-state index in [4.69, 9.17) is 14.2 Å². The van der Waals surface area contributed by atoms with Crippen LogP contribution in [0.1, 0.15) is 323 Å². The summed E-state index contributed by atoms with van der Waals surface area (Å²) in [7, 11) is 0. The molecule has 0 spiro atoms. The van der Waals surface area contributed by atoms with Gasteiger partial charge in [0.1, 0.15) is 13.2 Å². The molecule has 1 unspecified atom stereocenters. The van der Waals surface area contributed by atoms with Crippen LogP contribution in [0.2, 0.25) is 0 Å². The number of hydrogen-bond acceptors (Lipinski definition) is 6. The molecule has 0 fully saturated rings. The maximum Gasteiger partial charge on any atom is 0.306 e. The first-order chi connectivity index (χ1) is 32.5. The Morgan fingerprint density at radius 1 is 0.288 bits per heavy atom. The summed E-state index contributed by atoms with van der Waals surface area (Å²) in [4.78, 5) is 37.7. The maximum atomic E-state index is 12.7. The highest BCUT2D eigenvalue weighted by Crippen LogP contribution is 2.17. The van der Waals surface area contributed by atoms with E-state index in [2.05, 4.69) is 45.1 Å². The van der Waals surface area contributed by atoms with Crippen LogP contribution in [0, 0.1) is 0 Å². The third-order valence-electron chi connectivity index (χ3n) is 13.2. The number of esters is 3. The average molecular weight is 930 g/mol. The van der Waals surface area contributed by atoms with E-state index in [9.17, 15) is 14.4 Å². The van der Waals surface area contributed by atoms with Gasteiger partial charge in [-0.1, -0.05) is 257 Å². The van der Waals surface area contributed by atoms with Gasteiger partial charge in [-0.3, -0.25) is 14.4 Å². The Kier molecular flexibility index (Phi) is 53.7. The molecular weight excluding hydrogens is 817 g/mol. The molecule has 0 radical (unpaired) electrons. The molecule has 0 bridgehead atoms. The lowest BCUT2D eigenvalue weighted by Crippen LogP contribution is -2.30. The van der Waals surface area contributed by atoms with E-state index in [1.807, 2.05) is 0 Å². The van der Waals surface area contributed by atoms with Crippen LogP contribution >= 0.6 is 0 Å². The molecular formula is C60H112O6. The molecule has 0 aromatic carbocycles. The van der Waals surface area contributed by atoms with Crippen molar-refractivity contribution in [3.8, 4) is 0 Å². The Morgan fingerprint density at radius 2 is 0.500 bits per heavy atom. The molecule has 0 aliphatic carbocycles. The molecule has 0 aliphatic heterocycles. The lowest BCUT2D eigenvalue weighted by atomic mass is 10.0. The van der Waals surface area contributed by atoms with Gasteiger partial charge in [0.05, 0.1) is 0 Å². The van der Waals surface area contributed by atoms with Crippen molar-refractivity contribution < 1.29 is 28.6 Å². The molecule has 6 nitrogen and oxygen atoms in total. The van der Waals surface area contributed by atoms with Crippen LogP contribution in [-0.2, 0) is 28.6 Å². The summed E-state index contributed by atoms with van der Waals surface area (Å²) in [6.45, 7) is 6.58. The van der Waals surface area contributed by atoms with E-state index >= 15 is 0 Å². The van der Waals surface area contributed by atoms with Gasteiger partial charge >= 0.3 is 17.9 Å². The van der Waals surface area contributed by atoms with E-state index in [0.717, 1.165) is 70.6 Å². The minimum Gasteiger partial charge on any atom is -0.462 e. The molecule has 0 aliphatic rings. The van der Waals surface area contributed by atoms with Crippen LogP contribution in [-0.4, -0.2) is 37.2 Å². The largest absolute Gasteiger partial charge is 0.462 e. The predicted octanol–water partition coefficient (Wildman–Crippen LogP) is 19.5. The molecule has 1 atom stereocenters. The second kappa shape index (κ2) is 55.5. The standard InChI is InChI=1S/C60H112O6/c1-4-7-10-13-15-17-19-21-23-24-25-26-27-28-29-30-31-32-33-34-35-36-37-39-40-42-44-47-50-53-59(62)65-56-57(55-64-58(61)52-49-46-12-9-6-3)66-60(63)54-51-48-45-43-41-38-22-20-18-16-14-11-8-5-2/h20,22,24-25,57H,4-19,21,23,26-56H2,1-3H3/b22-20-,25-24-. The molecule has 0 aromatic heterocycles. The number of rotatable bonds is 54. The predicted molar refractivity (Wildman–Crippen MR) is 284 cm³/mol. The highest BCUT2D eigenvalue weighted by atomic mass is 16.6. The summed E-state index contributed by atoms with van der Waals surface area (Å²) < 4.78 is 16.7. The van der Waals surface area contributed by atoms with Crippen LogP contribution in [0.5, 0.6) is 0 Å². The summed E-state index contributed by atoms with van der Waals surface area (Å²) in [6, 6.07) is 0. The third-order valence-corrected chi connectivity index (χ3v) is 13.2. The quantitative estimate of drug-likeness (QED) is 0.0262. The second-order valence-corrected chi connectivity index (χ2v) is 19.9. The average Bonchev–Trinajstić information content (AvgIpc) is 3.31. The first-order valence-corrected chi connectivity index (χ1v) is 29.3. The third kappa shape index (κ3) is 52.9. The van der Waals surface area contributed by atoms with Crippen molar-refractivity contribution in [3.05, 3.63) is 24.3 Å². The number of unbranched alkanes of at least 4 members (excludes halogenated alkanes) is 39. The van der Waals surface area contributed by atoms with E-state index in [0.29, 0.717) is 19.3 Å². The maximum absolute atomic E-state index is 12.7. The molecule has 388 valence electrons. The van der Waals surface area contributed by atoms with Crippen molar-refractivity contribution in [2.24, 2.45) is 0 Å². The molecule has 0 amide bonds. The minimum absolute atomic E-state index is 0.0711. The number of carbonyl (C=O) groups excluding carboxylic acids is 3. The fourth-order valence-electron chi connectivity index (χ4n) is 8.73. The molecule has 6 heteroatoms. The molecule has 0 saturated heterocycles. The minimum atomic E-state index is -0.768. The molecule has 0 rings (SSSR count). The Hall–Kier alpha value is -2.11. The lowest BCUT2D eigenvalue weighted by Gasteiger charge is -2.18. The van der Waals surface area contributed by atoms with E-state index in [-0.39, 0.29) is 31.1 Å². The molecule has 0 saturated carbocycles. The number of ether oxygens (including phenoxy) is 3. The van der Waals surface area contributed by atoms with Crippen LogP contribution in [0.25, 0.3) is 0 Å². The van der Waals surface area contributed by atoms with Crippen molar-refractivity contribution in [2.45, 2.75) is 329 Å². The van der Waals surface area contributed by atoms with Crippen molar-refractivity contribution in [3.63, 3.8) is 0 Å². The topological polar surface area (TPSA) is 78.9 Å². The van der Waals surface area contributed by atoms with E-state index in [1.165, 1.54) is 212 Å². The van der Waals surface area contributed by atoms with Crippen LogP contribution in [0.15, 0.2) is 24.3 Å². The SMILES string of the molecule is CCCCCCC/C=C\CCCCCCCC(=O)OC(COC(=O)CCCCCCC)COC(=O)CCCCCCCCCCCCCCCCCCC/C=C\CCCCCCCCCC. The van der Waals surface area contributed by atoms with Crippen molar-refractivity contribution >= 4 is 17.9 Å². The highest BCUT2D eigenvalue weighted by Gasteiger charge is 2.19. The zero-order chi connectivity index (χ0) is 47.9. The van der Waals surface area contributed by atoms with Gasteiger partial charge in [-0.2, -0.15) is 0 Å². The van der Waals surface area contributed by atoms with Crippen LogP contribution < -0.4 is 0 Å². The van der Waals surface area contributed by atoms with E-state index in [1.54, 1.807) is 0 Å². The van der Waals surface area contributed by atoms with Gasteiger partial charge < -0.3 is 14.2 Å². The number of allylic oxidation sites excluding steroid dienone is 4. The Morgan fingerprint density at radius 3 is 0.758 bits per heavy atom. The lowest BCUT2D eigenvalue weighted by molar-refractivity contribution is -0.167. The highest BCUT2D eigenvalue weighted by molar-refractivity contribution is 5.71. The van der Waals surface area contributed by atoms with E-state index < -0.39 is 6.10 Å². The van der Waals surface area contributed by atoms with Gasteiger partial charge in [-0.05, 0) is 70.6 Å². The van der Waals surface area contributed by atoms with Crippen LogP contribution in [0.3, 0.4) is 0 Å². The molecule has 66 heavy (non-hydrogen) atoms. The van der Waals surface area contributed by atoms with Gasteiger partial charge in [0.2, 0.25) is 0 Å². The Bertz CT molecular complexity index is 1070. The van der Waals surface area contributed by atoms with Gasteiger partial charge in [0, 0.05) is 19.3 Å². The zero-order valence-corrected chi connectivity index (χ0v) is 44.5. The Balaban J connectivity index is 3.94. The van der Waals surface area contributed by atoms with Gasteiger partial charge in [-0.15, -0.1) is 0 Å². The smallest absolute Gasteiger partial charge is 0.306 e. The summed E-state index contributed by atoms with van der Waals surface area (Å²) in [5, 5.41) is 0. The van der Waals surface area contributed by atoms with Crippen LogP contribution in [0.4, 0.5) is 0 Å². The van der Waals surface area contributed by atoms with Crippen molar-refractivity contribution in [1.29, 1.82) is 0 Å². The fraction of sp³-hybridized carbons (Fsp3) is 0.883.